The van der Waals surface area contributed by atoms with Gasteiger partial charge in [0.15, 0.2) is 0 Å². The van der Waals surface area contributed by atoms with Crippen LogP contribution in [0.4, 0.5) is 17.2 Å². The van der Waals surface area contributed by atoms with E-state index in [1.54, 1.807) is 12.1 Å². The second-order valence-electron chi connectivity index (χ2n) is 3.92. The standard InChI is InChI=1S/C12H10BrN5O3/c13-9-2-1-5-15-11(9)16-12(19)8-6-7(17-14)3-4-10(8)18(20)21/h1-6,17H,14H2,(H,15,16,19). The summed E-state index contributed by atoms with van der Waals surface area (Å²) in [6, 6.07) is 7.28. The first kappa shape index (κ1) is 14.9. The number of carbonyl (C=O) groups is 1. The Morgan fingerprint density at radius 2 is 2.14 bits per heavy atom. The predicted molar refractivity (Wildman–Crippen MR) is 80.8 cm³/mol. The van der Waals surface area contributed by atoms with Gasteiger partial charge in [0.25, 0.3) is 11.6 Å². The van der Waals surface area contributed by atoms with Crippen molar-refractivity contribution in [2.45, 2.75) is 0 Å². The maximum atomic E-state index is 12.2. The van der Waals surface area contributed by atoms with Crippen LogP contribution in [-0.4, -0.2) is 15.8 Å². The van der Waals surface area contributed by atoms with Gasteiger partial charge in [0.2, 0.25) is 0 Å². The summed E-state index contributed by atoms with van der Waals surface area (Å²) in [6.45, 7) is 0. The van der Waals surface area contributed by atoms with Crippen molar-refractivity contribution >= 4 is 39.0 Å². The van der Waals surface area contributed by atoms with Crippen molar-refractivity contribution in [2.24, 2.45) is 5.84 Å². The Morgan fingerprint density at radius 3 is 2.76 bits per heavy atom. The average Bonchev–Trinajstić information content (AvgIpc) is 2.48. The first-order valence-corrected chi connectivity index (χ1v) is 6.49. The number of hydrazine groups is 1. The van der Waals surface area contributed by atoms with Gasteiger partial charge >= 0.3 is 0 Å². The van der Waals surface area contributed by atoms with Crippen LogP contribution in [0.25, 0.3) is 0 Å². The normalized spacial score (nSPS) is 10.0. The molecule has 0 aliphatic rings. The first-order chi connectivity index (χ1) is 10.0. The zero-order valence-electron chi connectivity index (χ0n) is 10.5. The molecule has 0 aliphatic heterocycles. The number of pyridine rings is 1. The number of carbonyl (C=O) groups excluding carboxylic acids is 1. The minimum absolute atomic E-state index is 0.118. The third-order valence-electron chi connectivity index (χ3n) is 2.59. The van der Waals surface area contributed by atoms with Gasteiger partial charge in [0, 0.05) is 18.0 Å². The number of hydrogen-bond acceptors (Lipinski definition) is 6. The Hall–Kier alpha value is -2.52. The Bertz CT molecular complexity index is 707. The van der Waals surface area contributed by atoms with Crippen LogP contribution in [0, 0.1) is 10.1 Å². The van der Waals surface area contributed by atoms with E-state index in [4.69, 9.17) is 5.84 Å². The maximum absolute atomic E-state index is 12.2. The van der Waals surface area contributed by atoms with Gasteiger partial charge in [-0.25, -0.2) is 4.98 Å². The number of nitro groups is 1. The van der Waals surface area contributed by atoms with Crippen LogP contribution in [0.5, 0.6) is 0 Å². The fourth-order valence-electron chi connectivity index (χ4n) is 1.62. The second-order valence-corrected chi connectivity index (χ2v) is 4.78. The smallest absolute Gasteiger partial charge is 0.282 e. The summed E-state index contributed by atoms with van der Waals surface area (Å²) in [6.07, 6.45) is 1.49. The highest BCUT2D eigenvalue weighted by molar-refractivity contribution is 9.10. The molecule has 9 heteroatoms. The molecule has 108 valence electrons. The Balaban J connectivity index is 2.38. The molecule has 0 unspecified atom stereocenters. The third kappa shape index (κ3) is 3.33. The van der Waals surface area contributed by atoms with Gasteiger partial charge in [-0.15, -0.1) is 0 Å². The summed E-state index contributed by atoms with van der Waals surface area (Å²) in [5.41, 5.74) is 2.28. The number of rotatable bonds is 4. The molecule has 8 nitrogen and oxygen atoms in total. The molecule has 1 aromatic heterocycles. The number of benzene rings is 1. The molecule has 2 rings (SSSR count). The Labute approximate surface area is 127 Å². The quantitative estimate of drug-likeness (QED) is 0.441. The van der Waals surface area contributed by atoms with Crippen molar-refractivity contribution in [1.29, 1.82) is 0 Å². The minimum Gasteiger partial charge on any atom is -0.324 e. The molecule has 0 fully saturated rings. The van der Waals surface area contributed by atoms with Crippen molar-refractivity contribution < 1.29 is 9.72 Å². The molecule has 1 aromatic carbocycles. The van der Waals surface area contributed by atoms with Gasteiger partial charge in [-0.3, -0.25) is 20.8 Å². The number of amides is 1. The number of nitrogens with zero attached hydrogens (tertiary/aromatic N) is 2. The molecule has 0 saturated heterocycles. The molecule has 0 saturated carbocycles. The molecule has 0 spiro atoms. The fraction of sp³-hybridized carbons (Fsp3) is 0. The summed E-state index contributed by atoms with van der Waals surface area (Å²) in [5.74, 6) is 4.86. The molecule has 1 amide bonds. The van der Waals surface area contributed by atoms with E-state index in [0.717, 1.165) is 0 Å². The van der Waals surface area contributed by atoms with Gasteiger partial charge in [-0.05, 0) is 40.2 Å². The lowest BCUT2D eigenvalue weighted by molar-refractivity contribution is -0.385. The molecule has 1 heterocycles. The molecule has 2 aromatic rings. The number of nitrogens with two attached hydrogens (primary N) is 1. The topological polar surface area (TPSA) is 123 Å². The van der Waals surface area contributed by atoms with Gasteiger partial charge in [0.1, 0.15) is 11.4 Å². The van der Waals surface area contributed by atoms with E-state index >= 15 is 0 Å². The number of aromatic nitrogens is 1. The molecule has 0 radical (unpaired) electrons. The van der Waals surface area contributed by atoms with E-state index in [-0.39, 0.29) is 17.1 Å². The van der Waals surface area contributed by atoms with Crippen LogP contribution >= 0.6 is 15.9 Å². The van der Waals surface area contributed by atoms with Gasteiger partial charge in [-0.1, -0.05) is 0 Å². The summed E-state index contributed by atoms with van der Waals surface area (Å²) in [5, 5.41) is 13.5. The monoisotopic (exact) mass is 351 g/mol. The van der Waals surface area contributed by atoms with Gasteiger partial charge in [0.05, 0.1) is 9.40 Å². The number of nitrogens with one attached hydrogen (secondary N) is 2. The molecule has 0 atom stereocenters. The highest BCUT2D eigenvalue weighted by atomic mass is 79.9. The Kier molecular flexibility index (Phi) is 4.45. The van der Waals surface area contributed by atoms with E-state index in [2.05, 4.69) is 31.7 Å². The molecule has 21 heavy (non-hydrogen) atoms. The van der Waals surface area contributed by atoms with Crippen molar-refractivity contribution in [2.75, 3.05) is 10.7 Å². The summed E-state index contributed by atoms with van der Waals surface area (Å²) < 4.78 is 0.564. The zero-order chi connectivity index (χ0) is 15.4. The zero-order valence-corrected chi connectivity index (χ0v) is 12.1. The highest BCUT2D eigenvalue weighted by Crippen LogP contribution is 2.25. The van der Waals surface area contributed by atoms with Crippen LogP contribution in [0.3, 0.4) is 0 Å². The number of nitro benzene ring substituents is 1. The second kappa shape index (κ2) is 6.29. The van der Waals surface area contributed by atoms with Crippen LogP contribution < -0.4 is 16.6 Å². The van der Waals surface area contributed by atoms with Crippen molar-refractivity contribution in [3.05, 3.63) is 56.7 Å². The number of halogens is 1. The van der Waals surface area contributed by atoms with E-state index in [1.807, 2.05) is 0 Å². The molecule has 0 bridgehead atoms. The maximum Gasteiger partial charge on any atom is 0.282 e. The van der Waals surface area contributed by atoms with Crippen LogP contribution in [0.2, 0.25) is 0 Å². The lowest BCUT2D eigenvalue weighted by Crippen LogP contribution is -2.16. The fourth-order valence-corrected chi connectivity index (χ4v) is 1.97. The van der Waals surface area contributed by atoms with Crippen LogP contribution in [-0.2, 0) is 0 Å². The van der Waals surface area contributed by atoms with Crippen molar-refractivity contribution in [3.63, 3.8) is 0 Å². The SMILES string of the molecule is NNc1ccc([N+](=O)[O-])c(C(=O)Nc2ncccc2Br)c1. The van der Waals surface area contributed by atoms with E-state index < -0.39 is 10.8 Å². The van der Waals surface area contributed by atoms with Crippen LogP contribution in [0.1, 0.15) is 10.4 Å². The minimum atomic E-state index is -0.654. The third-order valence-corrected chi connectivity index (χ3v) is 3.23. The Morgan fingerprint density at radius 1 is 1.38 bits per heavy atom. The van der Waals surface area contributed by atoms with Gasteiger partial charge < -0.3 is 10.7 Å². The molecule has 0 aliphatic carbocycles. The van der Waals surface area contributed by atoms with E-state index in [0.29, 0.717) is 10.2 Å². The molecular weight excluding hydrogens is 342 g/mol. The molecular formula is C12H10BrN5O3. The number of hydrogen-bond donors (Lipinski definition) is 3. The van der Waals surface area contributed by atoms with Crippen molar-refractivity contribution in [3.8, 4) is 0 Å². The first-order valence-electron chi connectivity index (χ1n) is 5.70. The van der Waals surface area contributed by atoms with Gasteiger partial charge in [-0.2, -0.15) is 0 Å². The largest absolute Gasteiger partial charge is 0.324 e. The lowest BCUT2D eigenvalue weighted by Gasteiger charge is -2.08. The molecule has 4 N–H and O–H groups in total. The van der Waals surface area contributed by atoms with E-state index in [9.17, 15) is 14.9 Å². The predicted octanol–water partition coefficient (Wildman–Crippen LogP) is 2.29. The summed E-state index contributed by atoms with van der Waals surface area (Å²) in [4.78, 5) is 26.5. The summed E-state index contributed by atoms with van der Waals surface area (Å²) >= 11 is 3.23. The number of anilines is 2. The van der Waals surface area contributed by atoms with E-state index in [1.165, 1.54) is 24.4 Å². The number of nitrogen functional groups attached to an aromatic ring is 1. The van der Waals surface area contributed by atoms with Crippen LogP contribution in [0.15, 0.2) is 41.0 Å². The summed E-state index contributed by atoms with van der Waals surface area (Å²) in [7, 11) is 0. The highest BCUT2D eigenvalue weighted by Gasteiger charge is 2.21. The lowest BCUT2D eigenvalue weighted by atomic mass is 10.1. The van der Waals surface area contributed by atoms with Crippen molar-refractivity contribution in [1.82, 2.24) is 4.98 Å². The average molecular weight is 352 g/mol.